The van der Waals surface area contributed by atoms with Crippen LogP contribution in [-0.2, 0) is 5.75 Å². The molecule has 0 saturated heterocycles. The summed E-state index contributed by atoms with van der Waals surface area (Å²) in [5, 5.41) is 3.90. The highest BCUT2D eigenvalue weighted by Gasteiger charge is 2.29. The molecule has 6 heteroatoms. The number of benzene rings is 1. The molecule has 0 bridgehead atoms. The van der Waals surface area contributed by atoms with Gasteiger partial charge < -0.3 is 5.32 Å². The van der Waals surface area contributed by atoms with Gasteiger partial charge in [-0.3, -0.25) is 0 Å². The summed E-state index contributed by atoms with van der Waals surface area (Å²) in [4.78, 5) is 10.5. The highest BCUT2D eigenvalue weighted by molar-refractivity contribution is 9.10. The van der Waals surface area contributed by atoms with E-state index in [0.29, 0.717) is 5.92 Å². The van der Waals surface area contributed by atoms with Crippen LogP contribution in [0.5, 0.6) is 0 Å². The van der Waals surface area contributed by atoms with E-state index in [1.807, 2.05) is 31.3 Å². The minimum Gasteiger partial charge on any atom is -0.372 e. The first kappa shape index (κ1) is 15.1. The van der Waals surface area contributed by atoms with Crippen LogP contribution in [0.2, 0.25) is 5.02 Å². The maximum absolute atomic E-state index is 5.90. The molecule has 2 aromatic rings. The fraction of sp³-hybridized carbons (Fsp3) is 0.333. The first-order valence-corrected chi connectivity index (χ1v) is 8.95. The van der Waals surface area contributed by atoms with E-state index in [2.05, 4.69) is 26.2 Å². The van der Waals surface area contributed by atoms with Crippen LogP contribution in [0.15, 0.2) is 33.6 Å². The van der Waals surface area contributed by atoms with Crippen LogP contribution in [0.3, 0.4) is 0 Å². The molecular formula is C15H15BrClN3S. The SMILES string of the molecule is CNc1nc(CSc2ccc(Cl)cc2)nc(C2CC2)c1Br. The van der Waals surface area contributed by atoms with Crippen molar-refractivity contribution in [2.45, 2.75) is 29.4 Å². The quantitative estimate of drug-likeness (QED) is 0.727. The number of rotatable bonds is 5. The molecule has 1 aliphatic carbocycles. The van der Waals surface area contributed by atoms with Crippen LogP contribution < -0.4 is 5.32 Å². The first-order chi connectivity index (χ1) is 10.2. The van der Waals surface area contributed by atoms with E-state index in [1.54, 1.807) is 11.8 Å². The Kier molecular flexibility index (Phi) is 4.72. The van der Waals surface area contributed by atoms with E-state index in [9.17, 15) is 0 Å². The van der Waals surface area contributed by atoms with Gasteiger partial charge in [0.15, 0.2) is 0 Å². The number of hydrogen-bond donors (Lipinski definition) is 1. The first-order valence-electron chi connectivity index (χ1n) is 6.80. The lowest BCUT2D eigenvalue weighted by atomic mass is 10.2. The molecule has 3 rings (SSSR count). The molecule has 3 nitrogen and oxygen atoms in total. The average molecular weight is 385 g/mol. The number of thioether (sulfide) groups is 1. The maximum atomic E-state index is 5.90. The molecule has 0 unspecified atom stereocenters. The van der Waals surface area contributed by atoms with E-state index in [-0.39, 0.29) is 0 Å². The van der Waals surface area contributed by atoms with Crippen molar-refractivity contribution in [2.75, 3.05) is 12.4 Å². The van der Waals surface area contributed by atoms with Crippen molar-refractivity contribution < 1.29 is 0 Å². The van der Waals surface area contributed by atoms with Crippen molar-refractivity contribution >= 4 is 45.1 Å². The Bertz CT molecular complexity index is 644. The molecule has 1 saturated carbocycles. The zero-order chi connectivity index (χ0) is 14.8. The molecule has 21 heavy (non-hydrogen) atoms. The van der Waals surface area contributed by atoms with Crippen molar-refractivity contribution in [3.8, 4) is 0 Å². The van der Waals surface area contributed by atoms with Crippen LogP contribution in [0.25, 0.3) is 0 Å². The van der Waals surface area contributed by atoms with Gasteiger partial charge in [0.25, 0.3) is 0 Å². The molecule has 1 aliphatic rings. The van der Waals surface area contributed by atoms with Crippen LogP contribution in [0, 0.1) is 0 Å². The van der Waals surface area contributed by atoms with E-state index in [1.165, 1.54) is 17.7 Å². The lowest BCUT2D eigenvalue weighted by Gasteiger charge is -2.10. The van der Waals surface area contributed by atoms with Crippen molar-refractivity contribution in [3.63, 3.8) is 0 Å². The second-order valence-electron chi connectivity index (χ2n) is 4.95. The molecule has 1 N–H and O–H groups in total. The minimum absolute atomic E-state index is 0.591. The van der Waals surface area contributed by atoms with E-state index >= 15 is 0 Å². The summed E-state index contributed by atoms with van der Waals surface area (Å²) in [5.74, 6) is 3.08. The maximum Gasteiger partial charge on any atom is 0.144 e. The fourth-order valence-electron chi connectivity index (χ4n) is 2.05. The molecule has 1 heterocycles. The molecule has 1 aromatic heterocycles. The summed E-state index contributed by atoms with van der Waals surface area (Å²) >= 11 is 11.2. The Morgan fingerprint density at radius 3 is 2.62 bits per heavy atom. The van der Waals surface area contributed by atoms with Crippen LogP contribution >= 0.6 is 39.3 Å². The summed E-state index contributed by atoms with van der Waals surface area (Å²) in [6.07, 6.45) is 2.45. The van der Waals surface area contributed by atoms with Crippen LogP contribution in [-0.4, -0.2) is 17.0 Å². The second-order valence-corrected chi connectivity index (χ2v) is 7.23. The summed E-state index contributed by atoms with van der Waals surface area (Å²) in [7, 11) is 1.89. The van der Waals surface area contributed by atoms with Gasteiger partial charge in [-0.1, -0.05) is 11.6 Å². The number of anilines is 1. The number of nitrogens with one attached hydrogen (secondary N) is 1. The third kappa shape index (κ3) is 3.71. The van der Waals surface area contributed by atoms with Crippen molar-refractivity contribution in [2.24, 2.45) is 0 Å². The van der Waals surface area contributed by atoms with Gasteiger partial charge >= 0.3 is 0 Å². The van der Waals surface area contributed by atoms with Crippen molar-refractivity contribution in [1.29, 1.82) is 0 Å². The number of halogens is 2. The molecule has 0 atom stereocenters. The monoisotopic (exact) mass is 383 g/mol. The van der Waals surface area contributed by atoms with Crippen molar-refractivity contribution in [3.05, 3.63) is 45.3 Å². The van der Waals surface area contributed by atoms with Gasteiger partial charge in [0.1, 0.15) is 11.6 Å². The van der Waals surface area contributed by atoms with Gasteiger partial charge in [-0.2, -0.15) is 0 Å². The molecule has 0 amide bonds. The van der Waals surface area contributed by atoms with E-state index in [0.717, 1.165) is 32.6 Å². The van der Waals surface area contributed by atoms with Gasteiger partial charge in [-0.05, 0) is 53.0 Å². The smallest absolute Gasteiger partial charge is 0.144 e. The van der Waals surface area contributed by atoms with E-state index in [4.69, 9.17) is 16.6 Å². The Morgan fingerprint density at radius 2 is 2.00 bits per heavy atom. The molecule has 110 valence electrons. The number of hydrogen-bond acceptors (Lipinski definition) is 4. The van der Waals surface area contributed by atoms with Crippen LogP contribution in [0.1, 0.15) is 30.3 Å². The van der Waals surface area contributed by atoms with Crippen molar-refractivity contribution in [1.82, 2.24) is 9.97 Å². The largest absolute Gasteiger partial charge is 0.372 e. The lowest BCUT2D eigenvalue weighted by molar-refractivity contribution is 0.922. The molecule has 0 radical (unpaired) electrons. The second kappa shape index (κ2) is 6.55. The zero-order valence-corrected chi connectivity index (χ0v) is 14.7. The fourth-order valence-corrected chi connectivity index (χ4v) is 3.63. The average Bonchev–Trinajstić information content (AvgIpc) is 3.32. The predicted octanol–water partition coefficient (Wildman–Crippen LogP) is 5.10. The highest BCUT2D eigenvalue weighted by atomic mass is 79.9. The van der Waals surface area contributed by atoms with Gasteiger partial charge in [0.05, 0.1) is 15.9 Å². The highest BCUT2D eigenvalue weighted by Crippen LogP contribution is 2.44. The summed E-state index contributed by atoms with van der Waals surface area (Å²) in [6.45, 7) is 0. The van der Waals surface area contributed by atoms with Gasteiger partial charge in [-0.15, -0.1) is 11.8 Å². The lowest BCUT2D eigenvalue weighted by Crippen LogP contribution is -2.04. The van der Waals surface area contributed by atoms with Gasteiger partial charge in [0.2, 0.25) is 0 Å². The predicted molar refractivity (Wildman–Crippen MR) is 92.3 cm³/mol. The third-order valence-electron chi connectivity index (χ3n) is 3.31. The van der Waals surface area contributed by atoms with Crippen LogP contribution in [0.4, 0.5) is 5.82 Å². The van der Waals surface area contributed by atoms with Gasteiger partial charge in [0, 0.05) is 22.9 Å². The van der Waals surface area contributed by atoms with Gasteiger partial charge in [-0.25, -0.2) is 9.97 Å². The summed E-state index contributed by atoms with van der Waals surface area (Å²) < 4.78 is 1.01. The van der Waals surface area contributed by atoms with E-state index < -0.39 is 0 Å². The standard InChI is InChI=1S/C15H15BrClN3S/c1-18-15-13(16)14(9-2-3-9)19-12(20-15)8-21-11-6-4-10(17)5-7-11/h4-7,9H,2-3,8H2,1H3,(H,18,19,20). The third-order valence-corrected chi connectivity index (χ3v) is 5.35. The minimum atomic E-state index is 0.591. The Labute approximate surface area is 142 Å². The Hall–Kier alpha value is -0.780. The number of aromatic nitrogens is 2. The number of nitrogens with zero attached hydrogens (tertiary/aromatic N) is 2. The Morgan fingerprint density at radius 1 is 1.29 bits per heavy atom. The summed E-state index contributed by atoms with van der Waals surface area (Å²) in [6, 6.07) is 7.85. The topological polar surface area (TPSA) is 37.8 Å². The molecule has 0 spiro atoms. The normalized spacial score (nSPS) is 14.2. The molecule has 1 fully saturated rings. The Balaban J connectivity index is 1.78. The molecule has 0 aliphatic heterocycles. The summed E-state index contributed by atoms with van der Waals surface area (Å²) in [5.41, 5.74) is 1.14. The molecular weight excluding hydrogens is 370 g/mol. The molecule has 1 aromatic carbocycles. The zero-order valence-electron chi connectivity index (χ0n) is 11.6.